The molecule has 0 unspecified atom stereocenters. The summed E-state index contributed by atoms with van der Waals surface area (Å²) in [6.45, 7) is 2.14. The molecule has 0 aromatic heterocycles. The average Bonchev–Trinajstić information content (AvgIpc) is 2.38. The molecule has 1 heterocycles. The minimum absolute atomic E-state index is 0. The Bertz CT molecular complexity index is 548. The predicted octanol–water partition coefficient (Wildman–Crippen LogP) is 1.20. The van der Waals surface area contributed by atoms with Crippen LogP contribution < -0.4 is 0 Å². The number of hydrogen-bond donors (Lipinski definition) is 0. The van der Waals surface area contributed by atoms with Crippen LogP contribution in [-0.2, 0) is 14.6 Å². The largest absolute Gasteiger partial charge is 0.378 e. The molecule has 5 nitrogen and oxygen atoms in total. The zero-order valence-electron chi connectivity index (χ0n) is 10.1. The first-order chi connectivity index (χ1) is 8.48. The smallest absolute Gasteiger partial charge is 0.254 e. The summed E-state index contributed by atoms with van der Waals surface area (Å²) in [5.74, 6) is -0.149. The molecule has 0 N–H and O–H groups in total. The lowest BCUT2D eigenvalue weighted by Crippen LogP contribution is -2.40. The normalized spacial score (nSPS) is 15.7. The number of sulfone groups is 1. The summed E-state index contributed by atoms with van der Waals surface area (Å²) >= 11 is 0. The number of carbonyl (C=O) groups is 1. The van der Waals surface area contributed by atoms with E-state index in [-0.39, 0.29) is 18.2 Å². The van der Waals surface area contributed by atoms with E-state index in [0.717, 1.165) is 6.26 Å². The third-order valence-electron chi connectivity index (χ3n) is 2.81. The van der Waals surface area contributed by atoms with E-state index in [2.05, 4.69) is 0 Å². The molecule has 0 radical (unpaired) electrons. The monoisotopic (exact) mass is 285 g/mol. The molecule has 106 valence electrons. The van der Waals surface area contributed by atoms with E-state index in [1.165, 1.54) is 12.1 Å². The summed E-state index contributed by atoms with van der Waals surface area (Å²) in [6, 6.07) is 6.13. The molecule has 6 heteroatoms. The Morgan fingerprint density at radius 2 is 1.89 bits per heavy atom. The van der Waals surface area contributed by atoms with E-state index in [1.807, 2.05) is 0 Å². The van der Waals surface area contributed by atoms with Gasteiger partial charge in [-0.3, -0.25) is 4.79 Å². The van der Waals surface area contributed by atoms with Crippen LogP contribution in [0.1, 0.15) is 17.8 Å². The van der Waals surface area contributed by atoms with Gasteiger partial charge < -0.3 is 9.64 Å². The van der Waals surface area contributed by atoms with E-state index >= 15 is 0 Å². The first kappa shape index (κ1) is 15.7. The molecule has 1 aromatic rings. The van der Waals surface area contributed by atoms with Gasteiger partial charge >= 0.3 is 0 Å². The minimum Gasteiger partial charge on any atom is -0.378 e. The number of hydrogen-bond acceptors (Lipinski definition) is 4. The van der Waals surface area contributed by atoms with Crippen molar-refractivity contribution in [2.24, 2.45) is 0 Å². The van der Waals surface area contributed by atoms with E-state index in [0.29, 0.717) is 31.9 Å². The quantitative estimate of drug-likeness (QED) is 0.819. The van der Waals surface area contributed by atoms with Gasteiger partial charge in [-0.25, -0.2) is 8.42 Å². The van der Waals surface area contributed by atoms with Crippen molar-refractivity contribution in [1.82, 2.24) is 4.90 Å². The molecule has 1 amide bonds. The Morgan fingerprint density at radius 3 is 2.47 bits per heavy atom. The highest BCUT2D eigenvalue weighted by Gasteiger charge is 2.19. The molecular weight excluding hydrogens is 266 g/mol. The molecule has 19 heavy (non-hydrogen) atoms. The van der Waals surface area contributed by atoms with Gasteiger partial charge in [-0.2, -0.15) is 0 Å². The van der Waals surface area contributed by atoms with Crippen LogP contribution in [0.2, 0.25) is 0 Å². The summed E-state index contributed by atoms with van der Waals surface area (Å²) in [5.41, 5.74) is 0.403. The molecule has 2 rings (SSSR count). The maximum atomic E-state index is 12.2. The molecule has 1 aromatic carbocycles. The van der Waals surface area contributed by atoms with Gasteiger partial charge in [-0.1, -0.05) is 13.5 Å². The second-order valence-electron chi connectivity index (χ2n) is 4.20. The van der Waals surface area contributed by atoms with Crippen molar-refractivity contribution in [2.45, 2.75) is 12.3 Å². The highest BCUT2D eigenvalue weighted by atomic mass is 32.2. The fourth-order valence-electron chi connectivity index (χ4n) is 1.81. The zero-order valence-corrected chi connectivity index (χ0v) is 10.9. The molecular formula is C13H19NO4S. The van der Waals surface area contributed by atoms with Crippen molar-refractivity contribution in [3.63, 3.8) is 0 Å². The van der Waals surface area contributed by atoms with Crippen LogP contribution in [0, 0.1) is 0 Å². The first-order valence-electron chi connectivity index (χ1n) is 5.65. The zero-order chi connectivity index (χ0) is 13.2. The molecule has 0 aliphatic carbocycles. The standard InChI is InChI=1S/C12H15NO4S.CH4/c1-18(15,16)11-4-2-3-10(9-11)12(14)13-5-7-17-8-6-13;/h2-4,9H,5-8H2,1H3;1H4. The minimum atomic E-state index is -3.28. The van der Waals surface area contributed by atoms with Crippen LogP contribution in [-0.4, -0.2) is 51.8 Å². The second-order valence-corrected chi connectivity index (χ2v) is 6.22. The lowest BCUT2D eigenvalue weighted by molar-refractivity contribution is 0.0302. The van der Waals surface area contributed by atoms with Crippen LogP contribution in [0.25, 0.3) is 0 Å². The summed E-state index contributed by atoms with van der Waals surface area (Å²) in [4.78, 5) is 14.0. The summed E-state index contributed by atoms with van der Waals surface area (Å²) in [7, 11) is -3.28. The highest BCUT2D eigenvalue weighted by molar-refractivity contribution is 7.90. The van der Waals surface area contributed by atoms with Gasteiger partial charge in [0.2, 0.25) is 0 Å². The molecule has 0 atom stereocenters. The summed E-state index contributed by atoms with van der Waals surface area (Å²) in [6.07, 6.45) is 1.13. The third kappa shape index (κ3) is 3.78. The van der Waals surface area contributed by atoms with Gasteiger partial charge in [0.05, 0.1) is 18.1 Å². The van der Waals surface area contributed by atoms with Crippen LogP contribution in [0.15, 0.2) is 29.2 Å². The van der Waals surface area contributed by atoms with Crippen LogP contribution in [0.3, 0.4) is 0 Å². The van der Waals surface area contributed by atoms with E-state index in [9.17, 15) is 13.2 Å². The maximum Gasteiger partial charge on any atom is 0.254 e. The highest BCUT2D eigenvalue weighted by Crippen LogP contribution is 2.14. The van der Waals surface area contributed by atoms with Crippen molar-refractivity contribution in [3.8, 4) is 0 Å². The first-order valence-corrected chi connectivity index (χ1v) is 7.55. The SMILES string of the molecule is C.CS(=O)(=O)c1cccc(C(=O)N2CCOCC2)c1. The number of rotatable bonds is 2. The molecule has 1 aliphatic heterocycles. The third-order valence-corrected chi connectivity index (χ3v) is 3.92. The Kier molecular flexibility index (Phi) is 5.08. The predicted molar refractivity (Wildman–Crippen MR) is 73.0 cm³/mol. The average molecular weight is 285 g/mol. The number of benzene rings is 1. The van der Waals surface area contributed by atoms with Crippen LogP contribution in [0.5, 0.6) is 0 Å². The van der Waals surface area contributed by atoms with Crippen LogP contribution in [0.4, 0.5) is 0 Å². The summed E-state index contributed by atoms with van der Waals surface area (Å²) < 4.78 is 28.1. The number of carbonyl (C=O) groups excluding carboxylic acids is 1. The molecule has 1 fully saturated rings. The van der Waals surface area contributed by atoms with Crippen molar-refractivity contribution in [2.75, 3.05) is 32.6 Å². The van der Waals surface area contributed by atoms with Crippen molar-refractivity contribution >= 4 is 15.7 Å². The number of nitrogens with zero attached hydrogens (tertiary/aromatic N) is 1. The topological polar surface area (TPSA) is 63.7 Å². The van der Waals surface area contributed by atoms with Gasteiger partial charge in [-0.15, -0.1) is 0 Å². The van der Waals surface area contributed by atoms with E-state index in [4.69, 9.17) is 4.74 Å². The molecule has 0 saturated carbocycles. The van der Waals surface area contributed by atoms with E-state index < -0.39 is 9.84 Å². The van der Waals surface area contributed by atoms with Gasteiger partial charge in [-0.05, 0) is 18.2 Å². The molecule has 0 bridgehead atoms. The van der Waals surface area contributed by atoms with Gasteiger partial charge in [0.25, 0.3) is 5.91 Å². The lowest BCUT2D eigenvalue weighted by Gasteiger charge is -2.26. The molecule has 0 spiro atoms. The maximum absolute atomic E-state index is 12.2. The fourth-order valence-corrected chi connectivity index (χ4v) is 2.48. The Balaban J connectivity index is 0.00000180. The Morgan fingerprint density at radius 1 is 1.26 bits per heavy atom. The van der Waals surface area contributed by atoms with Crippen LogP contribution >= 0.6 is 0 Å². The number of morpholine rings is 1. The van der Waals surface area contributed by atoms with E-state index in [1.54, 1.807) is 17.0 Å². The van der Waals surface area contributed by atoms with Crippen molar-refractivity contribution in [3.05, 3.63) is 29.8 Å². The van der Waals surface area contributed by atoms with Gasteiger partial charge in [0.15, 0.2) is 9.84 Å². The van der Waals surface area contributed by atoms with Crippen molar-refractivity contribution < 1.29 is 17.9 Å². The Hall–Kier alpha value is -1.40. The van der Waals surface area contributed by atoms with Crippen molar-refractivity contribution in [1.29, 1.82) is 0 Å². The van der Waals surface area contributed by atoms with Gasteiger partial charge in [0.1, 0.15) is 0 Å². The number of ether oxygens (including phenoxy) is 1. The fraction of sp³-hybridized carbons (Fsp3) is 0.462. The lowest BCUT2D eigenvalue weighted by atomic mass is 10.2. The van der Waals surface area contributed by atoms with Gasteiger partial charge in [0, 0.05) is 24.9 Å². The Labute approximate surface area is 114 Å². The summed E-state index contributed by atoms with van der Waals surface area (Å²) in [5, 5.41) is 0. The molecule has 1 aliphatic rings. The number of amides is 1. The second kappa shape index (κ2) is 6.16. The molecule has 1 saturated heterocycles.